The standard InChI is InChI=1S/C26H33N3O4/c1-26(2,3)33-25(32)29(22(24(30)31)16-18-10-7-6-8-11-18)21-13-9-12-20-23(21)19(17-27-20)14-15-28(4)5/h6-13,17,22,27H,14-16H2,1-5H3,(H,30,31)/t22-/m0/s1. The van der Waals surface area contributed by atoms with E-state index in [1.165, 1.54) is 4.90 Å². The van der Waals surface area contributed by atoms with Crippen molar-refractivity contribution < 1.29 is 19.4 Å². The monoisotopic (exact) mass is 451 g/mol. The van der Waals surface area contributed by atoms with Crippen molar-refractivity contribution in [2.75, 3.05) is 25.5 Å². The molecular formula is C26H33N3O4. The molecule has 1 atom stereocenters. The fourth-order valence-corrected chi connectivity index (χ4v) is 3.81. The van der Waals surface area contributed by atoms with Gasteiger partial charge in [-0.05, 0) is 64.5 Å². The lowest BCUT2D eigenvalue weighted by atomic mass is 10.0. The molecule has 7 nitrogen and oxygen atoms in total. The van der Waals surface area contributed by atoms with Crippen LogP contribution in [0, 0.1) is 0 Å². The molecule has 33 heavy (non-hydrogen) atoms. The highest BCUT2D eigenvalue weighted by Crippen LogP contribution is 2.33. The molecule has 1 amide bonds. The van der Waals surface area contributed by atoms with Gasteiger partial charge in [-0.25, -0.2) is 9.59 Å². The van der Waals surface area contributed by atoms with Crippen LogP contribution in [0.1, 0.15) is 31.9 Å². The molecule has 7 heteroatoms. The Kier molecular flexibility index (Phi) is 7.43. The normalized spacial score (nSPS) is 12.7. The summed E-state index contributed by atoms with van der Waals surface area (Å²) in [6.45, 7) is 6.14. The number of carbonyl (C=O) groups excluding carboxylic acids is 1. The van der Waals surface area contributed by atoms with E-state index in [4.69, 9.17) is 4.74 Å². The summed E-state index contributed by atoms with van der Waals surface area (Å²) in [4.78, 5) is 32.6. The van der Waals surface area contributed by atoms with Gasteiger partial charge in [-0.15, -0.1) is 0 Å². The van der Waals surface area contributed by atoms with Crippen molar-refractivity contribution in [3.05, 3.63) is 65.9 Å². The average molecular weight is 452 g/mol. The van der Waals surface area contributed by atoms with E-state index < -0.39 is 23.7 Å². The second kappa shape index (κ2) is 10.1. The van der Waals surface area contributed by atoms with Crippen LogP contribution in [0.15, 0.2) is 54.7 Å². The molecule has 0 aliphatic heterocycles. The highest BCUT2D eigenvalue weighted by Gasteiger charge is 2.35. The summed E-state index contributed by atoms with van der Waals surface area (Å²) in [7, 11) is 4.01. The van der Waals surface area contributed by atoms with E-state index in [1.807, 2.05) is 62.8 Å². The predicted octanol–water partition coefficient (Wildman–Crippen LogP) is 4.71. The first-order valence-electron chi connectivity index (χ1n) is 11.1. The van der Waals surface area contributed by atoms with E-state index in [1.54, 1.807) is 26.8 Å². The summed E-state index contributed by atoms with van der Waals surface area (Å²) in [5.41, 5.74) is 2.45. The Morgan fingerprint density at radius 3 is 2.36 bits per heavy atom. The fraction of sp³-hybridized carbons (Fsp3) is 0.385. The third-order valence-corrected chi connectivity index (χ3v) is 5.31. The molecule has 1 heterocycles. The smallest absolute Gasteiger partial charge is 0.415 e. The van der Waals surface area contributed by atoms with Crippen molar-refractivity contribution in [3.8, 4) is 0 Å². The molecule has 0 spiro atoms. The molecule has 1 aromatic heterocycles. The number of hydrogen-bond donors (Lipinski definition) is 2. The van der Waals surface area contributed by atoms with Crippen molar-refractivity contribution in [1.82, 2.24) is 9.88 Å². The number of likely N-dealkylation sites (N-methyl/N-ethyl adjacent to an activating group) is 1. The van der Waals surface area contributed by atoms with Gasteiger partial charge < -0.3 is 19.7 Å². The molecule has 0 aliphatic carbocycles. The maximum atomic E-state index is 13.5. The third-order valence-electron chi connectivity index (χ3n) is 5.31. The third kappa shape index (κ3) is 6.14. The van der Waals surface area contributed by atoms with Crippen molar-refractivity contribution in [1.29, 1.82) is 0 Å². The van der Waals surface area contributed by atoms with E-state index in [0.717, 1.165) is 35.0 Å². The number of carboxylic acids is 1. The first-order valence-corrected chi connectivity index (χ1v) is 11.1. The fourth-order valence-electron chi connectivity index (χ4n) is 3.81. The van der Waals surface area contributed by atoms with E-state index in [0.29, 0.717) is 5.69 Å². The van der Waals surface area contributed by atoms with Crippen LogP contribution in [0.25, 0.3) is 10.9 Å². The molecular weight excluding hydrogens is 418 g/mol. The average Bonchev–Trinajstić information content (AvgIpc) is 3.15. The molecule has 3 rings (SSSR count). The molecule has 176 valence electrons. The molecule has 3 aromatic rings. The van der Waals surface area contributed by atoms with Crippen molar-refractivity contribution in [2.45, 2.75) is 45.3 Å². The maximum absolute atomic E-state index is 13.5. The van der Waals surface area contributed by atoms with E-state index >= 15 is 0 Å². The van der Waals surface area contributed by atoms with Crippen LogP contribution in [0.2, 0.25) is 0 Å². The van der Waals surface area contributed by atoms with Gasteiger partial charge in [0.25, 0.3) is 0 Å². The second-order valence-electron chi connectivity index (χ2n) is 9.46. The first-order chi connectivity index (χ1) is 15.6. The number of fused-ring (bicyclic) bond motifs is 1. The minimum Gasteiger partial charge on any atom is -0.480 e. The van der Waals surface area contributed by atoms with Gasteiger partial charge in [-0.2, -0.15) is 0 Å². The van der Waals surface area contributed by atoms with Crippen LogP contribution in [0.5, 0.6) is 0 Å². The number of benzene rings is 2. The molecule has 0 radical (unpaired) electrons. The van der Waals surface area contributed by atoms with Gasteiger partial charge in [0.2, 0.25) is 0 Å². The first kappa shape index (κ1) is 24.3. The zero-order valence-corrected chi connectivity index (χ0v) is 20.0. The number of aromatic amines is 1. The Morgan fingerprint density at radius 1 is 1.06 bits per heavy atom. The number of rotatable bonds is 8. The Labute approximate surface area is 195 Å². The van der Waals surface area contributed by atoms with Crippen LogP contribution in [0.4, 0.5) is 10.5 Å². The molecule has 0 bridgehead atoms. The summed E-state index contributed by atoms with van der Waals surface area (Å²) in [6, 6.07) is 13.7. The summed E-state index contributed by atoms with van der Waals surface area (Å²) in [6.07, 6.45) is 2.15. The van der Waals surface area contributed by atoms with E-state index in [9.17, 15) is 14.7 Å². The van der Waals surface area contributed by atoms with Gasteiger partial charge in [0.1, 0.15) is 11.6 Å². The van der Waals surface area contributed by atoms with Crippen LogP contribution in [-0.2, 0) is 22.4 Å². The van der Waals surface area contributed by atoms with Crippen LogP contribution in [-0.4, -0.2) is 59.3 Å². The van der Waals surface area contributed by atoms with Crippen molar-refractivity contribution in [3.63, 3.8) is 0 Å². The number of H-pyrrole nitrogens is 1. The molecule has 0 unspecified atom stereocenters. The molecule has 2 aromatic carbocycles. The maximum Gasteiger partial charge on any atom is 0.415 e. The van der Waals surface area contributed by atoms with Crippen LogP contribution >= 0.6 is 0 Å². The number of carboxylic acid groups (broad SMARTS) is 1. The Bertz CT molecular complexity index is 1100. The molecule has 0 aliphatic rings. The molecule has 0 saturated heterocycles. The van der Waals surface area contributed by atoms with Gasteiger partial charge >= 0.3 is 12.1 Å². The number of amides is 1. The number of anilines is 1. The zero-order valence-electron chi connectivity index (χ0n) is 20.0. The van der Waals surface area contributed by atoms with Crippen molar-refractivity contribution in [2.24, 2.45) is 0 Å². The predicted molar refractivity (Wildman–Crippen MR) is 131 cm³/mol. The highest BCUT2D eigenvalue weighted by molar-refractivity contribution is 6.05. The summed E-state index contributed by atoms with van der Waals surface area (Å²) in [5.74, 6) is -1.09. The quantitative estimate of drug-likeness (QED) is 0.518. The van der Waals surface area contributed by atoms with Crippen LogP contribution in [0.3, 0.4) is 0 Å². The van der Waals surface area contributed by atoms with Gasteiger partial charge in [-0.3, -0.25) is 4.90 Å². The summed E-state index contributed by atoms with van der Waals surface area (Å²) in [5, 5.41) is 11.1. The minimum atomic E-state index is -1.13. The number of hydrogen-bond acceptors (Lipinski definition) is 4. The topological polar surface area (TPSA) is 85.9 Å². The zero-order chi connectivity index (χ0) is 24.2. The second-order valence-corrected chi connectivity index (χ2v) is 9.46. The van der Waals surface area contributed by atoms with Crippen LogP contribution < -0.4 is 4.90 Å². The van der Waals surface area contributed by atoms with Gasteiger partial charge in [0, 0.05) is 30.1 Å². The Balaban J connectivity index is 2.14. The number of carbonyl (C=O) groups is 2. The number of aromatic nitrogens is 1. The van der Waals surface area contributed by atoms with E-state index in [2.05, 4.69) is 9.88 Å². The molecule has 2 N–H and O–H groups in total. The number of nitrogens with zero attached hydrogens (tertiary/aromatic N) is 2. The highest BCUT2D eigenvalue weighted by atomic mass is 16.6. The van der Waals surface area contributed by atoms with Gasteiger partial charge in [0.15, 0.2) is 0 Å². The lowest BCUT2D eigenvalue weighted by Gasteiger charge is -2.32. The lowest BCUT2D eigenvalue weighted by molar-refractivity contribution is -0.138. The van der Waals surface area contributed by atoms with E-state index in [-0.39, 0.29) is 6.42 Å². The molecule has 0 fully saturated rings. The van der Waals surface area contributed by atoms with Gasteiger partial charge in [-0.1, -0.05) is 36.4 Å². The Hall–Kier alpha value is -3.32. The Morgan fingerprint density at radius 2 is 1.76 bits per heavy atom. The van der Waals surface area contributed by atoms with Gasteiger partial charge in [0.05, 0.1) is 5.69 Å². The minimum absolute atomic E-state index is 0.156. The largest absolute Gasteiger partial charge is 0.480 e. The lowest BCUT2D eigenvalue weighted by Crippen LogP contribution is -2.48. The number of nitrogens with one attached hydrogen (secondary N) is 1. The number of ether oxygens (including phenoxy) is 1. The summed E-state index contributed by atoms with van der Waals surface area (Å²) < 4.78 is 5.69. The summed E-state index contributed by atoms with van der Waals surface area (Å²) >= 11 is 0. The number of aliphatic carboxylic acids is 1. The SMILES string of the molecule is CN(C)CCc1c[nH]c2cccc(N(C(=O)OC(C)(C)C)[C@@H](Cc3ccccc3)C(=O)O)c12. The molecule has 0 saturated carbocycles. The van der Waals surface area contributed by atoms with Crippen molar-refractivity contribution >= 4 is 28.7 Å².